The quantitative estimate of drug-likeness (QED) is 0.638. The number of ether oxygens (including phenoxy) is 1. The van der Waals surface area contributed by atoms with Gasteiger partial charge in [-0.3, -0.25) is 9.59 Å². The van der Waals surface area contributed by atoms with Gasteiger partial charge >= 0.3 is 12.1 Å². The first-order valence-electron chi connectivity index (χ1n) is 12.0. The number of piperidine rings is 1. The molecule has 34 heavy (non-hydrogen) atoms. The van der Waals surface area contributed by atoms with Gasteiger partial charge in [-0.15, -0.1) is 0 Å². The Bertz CT molecular complexity index is 1020. The summed E-state index contributed by atoms with van der Waals surface area (Å²) in [6.07, 6.45) is 1.17. The molecule has 2 N–H and O–H groups in total. The first-order valence-corrected chi connectivity index (χ1v) is 12.0. The third-order valence-electron chi connectivity index (χ3n) is 7.10. The Kier molecular flexibility index (Phi) is 7.20. The van der Waals surface area contributed by atoms with Crippen molar-refractivity contribution in [2.24, 2.45) is 11.8 Å². The van der Waals surface area contributed by atoms with Crippen molar-refractivity contribution < 1.29 is 24.2 Å². The Hall–Kier alpha value is -3.35. The molecule has 0 spiro atoms. The summed E-state index contributed by atoms with van der Waals surface area (Å²) in [4.78, 5) is 39.0. The number of aliphatic carboxylic acids is 1. The molecule has 3 atom stereocenters. The summed E-state index contributed by atoms with van der Waals surface area (Å²) in [6, 6.07) is 15.5. The van der Waals surface area contributed by atoms with Crippen LogP contribution in [-0.4, -0.2) is 53.7 Å². The minimum absolute atomic E-state index is 0.0151. The number of hydrogen-bond acceptors (Lipinski definition) is 4. The number of fused-ring (bicyclic) bond motifs is 3. The van der Waals surface area contributed by atoms with Gasteiger partial charge in [-0.2, -0.15) is 0 Å². The molecule has 180 valence electrons. The standard InChI is InChI=1S/C27H32N2O5/c1-3-8-24(25(30)29-14-13-17(2)22(15-29)26(31)32)28-27(33)34-16-23-20-11-6-4-9-18(20)19-10-5-7-12-21(19)23/h4-7,9-12,17,22-24H,3,8,13-16H2,1-2H3,(H,28,33)(H,31,32)/t17?,22?,24-/m1/s1. The highest BCUT2D eigenvalue weighted by Gasteiger charge is 2.36. The van der Waals surface area contributed by atoms with Gasteiger partial charge in [-0.25, -0.2) is 4.79 Å². The Morgan fingerprint density at radius 3 is 2.29 bits per heavy atom. The molecular formula is C27H32N2O5. The van der Waals surface area contributed by atoms with Crippen molar-refractivity contribution in [2.75, 3.05) is 19.7 Å². The maximum absolute atomic E-state index is 13.1. The van der Waals surface area contributed by atoms with Gasteiger partial charge in [-0.1, -0.05) is 68.8 Å². The number of benzene rings is 2. The van der Waals surface area contributed by atoms with E-state index in [0.29, 0.717) is 25.8 Å². The van der Waals surface area contributed by atoms with Crippen LogP contribution in [0.4, 0.5) is 4.79 Å². The van der Waals surface area contributed by atoms with Crippen LogP contribution in [0.2, 0.25) is 0 Å². The molecule has 7 heteroatoms. The molecule has 2 unspecified atom stereocenters. The van der Waals surface area contributed by atoms with E-state index in [-0.39, 0.29) is 30.9 Å². The molecule has 2 amide bonds. The SMILES string of the molecule is CCC[C@@H](NC(=O)OCC1c2ccccc2-c2ccccc21)C(=O)N1CCC(C)C(C(=O)O)C1. The Labute approximate surface area is 200 Å². The molecule has 2 aromatic carbocycles. The number of carbonyl (C=O) groups is 3. The van der Waals surface area contributed by atoms with Crippen LogP contribution in [0.3, 0.4) is 0 Å². The largest absolute Gasteiger partial charge is 0.481 e. The maximum atomic E-state index is 13.1. The smallest absolute Gasteiger partial charge is 0.407 e. The minimum Gasteiger partial charge on any atom is -0.481 e. The highest BCUT2D eigenvalue weighted by atomic mass is 16.5. The van der Waals surface area contributed by atoms with E-state index in [1.807, 2.05) is 38.1 Å². The van der Waals surface area contributed by atoms with Crippen molar-refractivity contribution >= 4 is 18.0 Å². The third kappa shape index (κ3) is 4.79. The van der Waals surface area contributed by atoms with Crippen LogP contribution in [0.1, 0.15) is 50.2 Å². The van der Waals surface area contributed by atoms with Gasteiger partial charge in [0.25, 0.3) is 0 Å². The van der Waals surface area contributed by atoms with Gasteiger partial charge in [-0.05, 0) is 41.0 Å². The number of nitrogens with zero attached hydrogens (tertiary/aromatic N) is 1. The zero-order valence-electron chi connectivity index (χ0n) is 19.7. The number of carboxylic acids is 1. The molecule has 1 saturated heterocycles. The van der Waals surface area contributed by atoms with Gasteiger partial charge in [0.15, 0.2) is 0 Å². The van der Waals surface area contributed by atoms with Crippen LogP contribution in [-0.2, 0) is 14.3 Å². The first kappa shape index (κ1) is 23.8. The monoisotopic (exact) mass is 464 g/mol. The van der Waals surface area contributed by atoms with Gasteiger partial charge in [0, 0.05) is 19.0 Å². The average Bonchev–Trinajstić information content (AvgIpc) is 3.16. The lowest BCUT2D eigenvalue weighted by Crippen LogP contribution is -2.53. The second-order valence-electron chi connectivity index (χ2n) is 9.31. The van der Waals surface area contributed by atoms with Crippen molar-refractivity contribution in [1.82, 2.24) is 10.2 Å². The molecular weight excluding hydrogens is 432 g/mol. The van der Waals surface area contributed by atoms with E-state index in [1.165, 1.54) is 0 Å². The summed E-state index contributed by atoms with van der Waals surface area (Å²) in [5, 5.41) is 12.2. The van der Waals surface area contributed by atoms with Gasteiger partial charge in [0.05, 0.1) is 5.92 Å². The summed E-state index contributed by atoms with van der Waals surface area (Å²) in [6.45, 7) is 4.69. The molecule has 0 saturated carbocycles. The molecule has 1 aliphatic heterocycles. The summed E-state index contributed by atoms with van der Waals surface area (Å²) < 4.78 is 5.62. The van der Waals surface area contributed by atoms with Crippen LogP contribution >= 0.6 is 0 Å². The molecule has 1 fully saturated rings. The van der Waals surface area contributed by atoms with Crippen LogP contribution in [0.25, 0.3) is 11.1 Å². The zero-order valence-corrected chi connectivity index (χ0v) is 19.7. The number of rotatable bonds is 7. The fourth-order valence-electron chi connectivity index (χ4n) is 5.14. The van der Waals surface area contributed by atoms with Crippen molar-refractivity contribution in [3.8, 4) is 11.1 Å². The van der Waals surface area contributed by atoms with E-state index in [9.17, 15) is 19.5 Å². The molecule has 0 aromatic heterocycles. The van der Waals surface area contributed by atoms with Gasteiger partial charge in [0.2, 0.25) is 5.91 Å². The van der Waals surface area contributed by atoms with Crippen LogP contribution in [0, 0.1) is 11.8 Å². The number of likely N-dealkylation sites (tertiary alicyclic amines) is 1. The lowest BCUT2D eigenvalue weighted by atomic mass is 9.87. The van der Waals surface area contributed by atoms with Gasteiger partial charge < -0.3 is 20.1 Å². The number of alkyl carbamates (subject to hydrolysis) is 1. The van der Waals surface area contributed by atoms with Crippen LogP contribution in [0.15, 0.2) is 48.5 Å². The van der Waals surface area contributed by atoms with Crippen LogP contribution in [0.5, 0.6) is 0 Å². The van der Waals surface area contributed by atoms with E-state index in [2.05, 4.69) is 29.6 Å². The molecule has 7 nitrogen and oxygen atoms in total. The van der Waals surface area contributed by atoms with Crippen molar-refractivity contribution in [3.63, 3.8) is 0 Å². The minimum atomic E-state index is -0.887. The summed E-state index contributed by atoms with van der Waals surface area (Å²) in [7, 11) is 0. The number of carbonyl (C=O) groups excluding carboxylic acids is 2. The third-order valence-corrected chi connectivity index (χ3v) is 7.10. The molecule has 0 bridgehead atoms. The van der Waals surface area contributed by atoms with Crippen molar-refractivity contribution in [1.29, 1.82) is 0 Å². The average molecular weight is 465 g/mol. The lowest BCUT2D eigenvalue weighted by Gasteiger charge is -2.36. The highest BCUT2D eigenvalue weighted by Crippen LogP contribution is 2.44. The Morgan fingerprint density at radius 2 is 1.71 bits per heavy atom. The molecule has 2 aliphatic rings. The highest BCUT2D eigenvalue weighted by molar-refractivity contribution is 5.86. The molecule has 2 aromatic rings. The second-order valence-corrected chi connectivity index (χ2v) is 9.31. The lowest BCUT2D eigenvalue weighted by molar-refractivity contribution is -0.148. The number of carboxylic acid groups (broad SMARTS) is 1. The number of nitrogens with one attached hydrogen (secondary N) is 1. The Balaban J connectivity index is 1.40. The van der Waals surface area contributed by atoms with E-state index < -0.39 is 24.0 Å². The molecule has 1 aliphatic carbocycles. The normalized spacial score (nSPS) is 20.2. The predicted molar refractivity (Wildman–Crippen MR) is 128 cm³/mol. The summed E-state index contributed by atoms with van der Waals surface area (Å²) in [5.74, 6) is -1.76. The van der Waals surface area contributed by atoms with Gasteiger partial charge in [0.1, 0.15) is 12.6 Å². The molecule has 0 radical (unpaired) electrons. The zero-order chi connectivity index (χ0) is 24.2. The van der Waals surface area contributed by atoms with E-state index in [0.717, 1.165) is 22.3 Å². The number of hydrogen-bond donors (Lipinski definition) is 2. The second kappa shape index (κ2) is 10.3. The van der Waals surface area contributed by atoms with Crippen molar-refractivity contribution in [3.05, 3.63) is 59.7 Å². The number of amides is 2. The Morgan fingerprint density at radius 1 is 1.09 bits per heavy atom. The van der Waals surface area contributed by atoms with Crippen molar-refractivity contribution in [2.45, 2.75) is 45.1 Å². The van der Waals surface area contributed by atoms with E-state index in [1.54, 1.807) is 4.90 Å². The topological polar surface area (TPSA) is 95.9 Å². The fraction of sp³-hybridized carbons (Fsp3) is 0.444. The van der Waals surface area contributed by atoms with Crippen LogP contribution < -0.4 is 5.32 Å². The predicted octanol–water partition coefficient (Wildman–Crippen LogP) is 4.26. The maximum Gasteiger partial charge on any atom is 0.407 e. The van der Waals surface area contributed by atoms with E-state index >= 15 is 0 Å². The molecule has 1 heterocycles. The fourth-order valence-corrected chi connectivity index (χ4v) is 5.14. The summed E-state index contributed by atoms with van der Waals surface area (Å²) >= 11 is 0. The summed E-state index contributed by atoms with van der Waals surface area (Å²) in [5.41, 5.74) is 4.55. The first-order chi connectivity index (χ1) is 16.4. The molecule has 4 rings (SSSR count). The van der Waals surface area contributed by atoms with E-state index in [4.69, 9.17) is 4.74 Å².